The van der Waals surface area contributed by atoms with Gasteiger partial charge in [0.05, 0.1) is 32.1 Å². The van der Waals surface area contributed by atoms with Crippen LogP contribution in [0.25, 0.3) is 11.0 Å². The fourth-order valence-corrected chi connectivity index (χ4v) is 4.08. The number of fused-ring (bicyclic) bond motifs is 1. The number of anilines is 1. The second-order valence-electron chi connectivity index (χ2n) is 7.96. The molecule has 182 valence electrons. The van der Waals surface area contributed by atoms with Crippen LogP contribution in [0.4, 0.5) is 5.69 Å². The van der Waals surface area contributed by atoms with Crippen molar-refractivity contribution in [2.75, 3.05) is 19.5 Å². The van der Waals surface area contributed by atoms with E-state index >= 15 is 0 Å². The predicted octanol–water partition coefficient (Wildman–Crippen LogP) is 2.39. The van der Waals surface area contributed by atoms with Crippen LogP contribution in [-0.4, -0.2) is 39.0 Å². The fourth-order valence-electron chi connectivity index (χ4n) is 4.08. The summed E-state index contributed by atoms with van der Waals surface area (Å²) in [6.07, 6.45) is 0. The van der Waals surface area contributed by atoms with Gasteiger partial charge in [-0.15, -0.1) is 0 Å². The highest BCUT2D eigenvalue weighted by molar-refractivity contribution is 5.93. The third-order valence-electron chi connectivity index (χ3n) is 5.74. The van der Waals surface area contributed by atoms with E-state index in [1.165, 1.54) is 18.8 Å². The Morgan fingerprint density at radius 2 is 1.74 bits per heavy atom. The molecule has 0 saturated carbocycles. The summed E-state index contributed by atoms with van der Waals surface area (Å²) in [5.41, 5.74) is 1.34. The zero-order valence-corrected chi connectivity index (χ0v) is 20.1. The first-order valence-electron chi connectivity index (χ1n) is 11.1. The van der Waals surface area contributed by atoms with Crippen LogP contribution in [0.5, 0.6) is 11.5 Å². The van der Waals surface area contributed by atoms with Crippen molar-refractivity contribution >= 4 is 22.6 Å². The number of nitrogens with zero attached hydrogens (tertiary/aromatic N) is 4. The molecule has 4 rings (SSSR count). The topological polar surface area (TPSA) is 109 Å². The van der Waals surface area contributed by atoms with Crippen molar-refractivity contribution in [3.05, 3.63) is 80.6 Å². The van der Waals surface area contributed by atoms with Crippen LogP contribution in [0.1, 0.15) is 18.2 Å². The Kier molecular flexibility index (Phi) is 6.72. The van der Waals surface area contributed by atoms with Crippen molar-refractivity contribution in [3.63, 3.8) is 0 Å². The van der Waals surface area contributed by atoms with Crippen molar-refractivity contribution in [1.82, 2.24) is 18.9 Å². The molecule has 0 aliphatic heterocycles. The molecule has 10 nitrogen and oxygen atoms in total. The average molecular weight is 478 g/mol. The Labute approximate surface area is 201 Å². The zero-order chi connectivity index (χ0) is 25.1. The third-order valence-corrected chi connectivity index (χ3v) is 5.74. The molecule has 0 saturated heterocycles. The number of carbonyl (C=O) groups excluding carboxylic acids is 1. The van der Waals surface area contributed by atoms with Crippen molar-refractivity contribution in [1.29, 1.82) is 0 Å². The van der Waals surface area contributed by atoms with Gasteiger partial charge in [-0.1, -0.05) is 30.3 Å². The van der Waals surface area contributed by atoms with Gasteiger partial charge in [0.15, 0.2) is 5.52 Å². The lowest BCUT2D eigenvalue weighted by molar-refractivity contribution is -0.116. The number of aryl methyl sites for hydroxylation is 2. The van der Waals surface area contributed by atoms with Gasteiger partial charge in [-0.3, -0.25) is 23.4 Å². The maximum absolute atomic E-state index is 13.5. The number of ether oxygens (including phenoxy) is 2. The molecule has 2 aromatic heterocycles. The minimum absolute atomic E-state index is 0.0797. The van der Waals surface area contributed by atoms with Crippen LogP contribution in [0, 0.1) is 6.92 Å². The molecular formula is C25H27N5O5. The minimum atomic E-state index is -0.582. The van der Waals surface area contributed by atoms with Gasteiger partial charge in [-0.25, -0.2) is 4.79 Å². The molecule has 0 bridgehead atoms. The molecule has 0 atom stereocenters. The summed E-state index contributed by atoms with van der Waals surface area (Å²) in [5.74, 6) is 0.540. The number of rotatable bonds is 8. The molecule has 35 heavy (non-hydrogen) atoms. The smallest absolute Gasteiger partial charge is 0.332 e. The van der Waals surface area contributed by atoms with E-state index in [2.05, 4.69) is 10.4 Å². The summed E-state index contributed by atoms with van der Waals surface area (Å²) in [7, 11) is 3.02. The number of amides is 1. The van der Waals surface area contributed by atoms with Gasteiger partial charge < -0.3 is 14.8 Å². The summed E-state index contributed by atoms with van der Waals surface area (Å²) >= 11 is 0. The number of methoxy groups -OCH3 is 2. The standard InChI is InChI=1S/C25H27N5O5/c1-5-30-23-22(16(2)27-30)28(25(33)29(24(23)32)14-17-9-7-6-8-10-17)15-21(31)26-19-12-11-18(34-3)13-20(19)35-4/h6-13H,5,14-15H2,1-4H3,(H,26,31). The minimum Gasteiger partial charge on any atom is -0.497 e. The highest BCUT2D eigenvalue weighted by Crippen LogP contribution is 2.29. The van der Waals surface area contributed by atoms with Gasteiger partial charge in [0.25, 0.3) is 5.56 Å². The lowest BCUT2D eigenvalue weighted by atomic mass is 10.2. The maximum atomic E-state index is 13.5. The quantitative estimate of drug-likeness (QED) is 0.417. The summed E-state index contributed by atoms with van der Waals surface area (Å²) < 4.78 is 14.6. The van der Waals surface area contributed by atoms with Crippen LogP contribution >= 0.6 is 0 Å². The first kappa shape index (κ1) is 23.8. The van der Waals surface area contributed by atoms with Gasteiger partial charge in [-0.2, -0.15) is 5.10 Å². The molecule has 4 aromatic rings. The monoisotopic (exact) mass is 477 g/mol. The molecule has 0 unspecified atom stereocenters. The predicted molar refractivity (Wildman–Crippen MR) is 132 cm³/mol. The average Bonchev–Trinajstić information content (AvgIpc) is 3.21. The maximum Gasteiger partial charge on any atom is 0.332 e. The second-order valence-corrected chi connectivity index (χ2v) is 7.96. The van der Waals surface area contributed by atoms with E-state index in [4.69, 9.17) is 9.47 Å². The second kappa shape index (κ2) is 9.88. The van der Waals surface area contributed by atoms with E-state index in [1.807, 2.05) is 37.3 Å². The SMILES string of the molecule is CCn1nc(C)c2c1c(=O)n(Cc1ccccc1)c(=O)n2CC(=O)Nc1ccc(OC)cc1OC. The summed E-state index contributed by atoms with van der Waals surface area (Å²) in [6.45, 7) is 3.80. The Balaban J connectivity index is 1.79. The molecule has 2 heterocycles. The molecule has 2 aromatic carbocycles. The van der Waals surface area contributed by atoms with Gasteiger partial charge in [0, 0.05) is 12.6 Å². The zero-order valence-electron chi connectivity index (χ0n) is 20.1. The Morgan fingerprint density at radius 1 is 1.00 bits per heavy atom. The van der Waals surface area contributed by atoms with Crippen molar-refractivity contribution in [2.24, 2.45) is 0 Å². The largest absolute Gasteiger partial charge is 0.497 e. The molecule has 0 spiro atoms. The Bertz CT molecular complexity index is 1500. The fraction of sp³-hybridized carbons (Fsp3) is 0.280. The third kappa shape index (κ3) is 4.54. The van der Waals surface area contributed by atoms with E-state index in [1.54, 1.807) is 29.8 Å². The molecule has 0 aliphatic carbocycles. The molecular weight excluding hydrogens is 450 g/mol. The Morgan fingerprint density at radius 3 is 2.40 bits per heavy atom. The van der Waals surface area contributed by atoms with E-state index in [0.717, 1.165) is 10.1 Å². The van der Waals surface area contributed by atoms with Crippen LogP contribution in [0.2, 0.25) is 0 Å². The lowest BCUT2D eigenvalue weighted by Crippen LogP contribution is -2.42. The number of nitrogens with one attached hydrogen (secondary N) is 1. The van der Waals surface area contributed by atoms with Crippen LogP contribution in [0.15, 0.2) is 58.1 Å². The van der Waals surface area contributed by atoms with Crippen LogP contribution in [-0.2, 0) is 24.4 Å². The van der Waals surface area contributed by atoms with Crippen molar-refractivity contribution in [2.45, 2.75) is 33.5 Å². The summed E-state index contributed by atoms with van der Waals surface area (Å²) in [6, 6.07) is 14.2. The molecule has 10 heteroatoms. The van der Waals surface area contributed by atoms with Crippen LogP contribution in [0.3, 0.4) is 0 Å². The van der Waals surface area contributed by atoms with Gasteiger partial charge in [0.1, 0.15) is 23.6 Å². The number of aromatic nitrogens is 4. The van der Waals surface area contributed by atoms with E-state index < -0.39 is 17.2 Å². The first-order valence-corrected chi connectivity index (χ1v) is 11.1. The van der Waals surface area contributed by atoms with Gasteiger partial charge >= 0.3 is 5.69 Å². The number of hydrogen-bond donors (Lipinski definition) is 1. The summed E-state index contributed by atoms with van der Waals surface area (Å²) in [4.78, 5) is 40.0. The molecule has 1 amide bonds. The van der Waals surface area contributed by atoms with E-state index in [9.17, 15) is 14.4 Å². The first-order chi connectivity index (χ1) is 16.9. The van der Waals surface area contributed by atoms with E-state index in [-0.39, 0.29) is 18.6 Å². The highest BCUT2D eigenvalue weighted by atomic mass is 16.5. The number of carbonyl (C=O) groups is 1. The van der Waals surface area contributed by atoms with Gasteiger partial charge in [0.2, 0.25) is 5.91 Å². The number of benzene rings is 2. The molecule has 0 radical (unpaired) electrons. The van der Waals surface area contributed by atoms with Gasteiger partial charge in [-0.05, 0) is 31.5 Å². The normalized spacial score (nSPS) is 11.0. The number of hydrogen-bond acceptors (Lipinski definition) is 6. The lowest BCUT2D eigenvalue weighted by Gasteiger charge is -2.15. The molecule has 0 fully saturated rings. The Hall–Kier alpha value is -4.34. The van der Waals surface area contributed by atoms with Crippen molar-refractivity contribution < 1.29 is 14.3 Å². The van der Waals surface area contributed by atoms with Crippen LogP contribution < -0.4 is 26.0 Å². The molecule has 0 aliphatic rings. The highest BCUT2D eigenvalue weighted by Gasteiger charge is 2.22. The summed E-state index contributed by atoms with van der Waals surface area (Å²) in [5, 5.41) is 7.22. The molecule has 1 N–H and O–H groups in total. The van der Waals surface area contributed by atoms with Crippen molar-refractivity contribution in [3.8, 4) is 11.5 Å². The van der Waals surface area contributed by atoms with E-state index in [0.29, 0.717) is 34.9 Å².